The number of amides is 1. The summed E-state index contributed by atoms with van der Waals surface area (Å²) in [5.41, 5.74) is 2.28. The van der Waals surface area contributed by atoms with E-state index in [2.05, 4.69) is 0 Å². The lowest BCUT2D eigenvalue weighted by Crippen LogP contribution is -2.60. The van der Waals surface area contributed by atoms with Crippen LogP contribution >= 0.6 is 7.60 Å². The third kappa shape index (κ3) is 11.7. The zero-order valence-electron chi connectivity index (χ0n) is 26.6. The lowest BCUT2D eigenvalue weighted by Gasteiger charge is -2.45. The first-order chi connectivity index (χ1) is 22.7. The average molecular weight is 660 g/mol. The number of carbonyl (C=O) groups excluding carboxylic acids is 1. The van der Waals surface area contributed by atoms with Crippen molar-refractivity contribution >= 4 is 14.0 Å². The Morgan fingerprint density at radius 1 is 0.660 bits per heavy atom. The van der Waals surface area contributed by atoms with Gasteiger partial charge in [0.25, 0.3) is 0 Å². The number of hydrogen-bond donors (Lipinski definition) is 2. The van der Waals surface area contributed by atoms with E-state index in [4.69, 9.17) is 19.0 Å². The van der Waals surface area contributed by atoms with Gasteiger partial charge in [0.05, 0.1) is 25.4 Å². The molecule has 0 saturated heterocycles. The highest BCUT2D eigenvalue weighted by molar-refractivity contribution is 7.55. The topological polar surface area (TPSA) is 115 Å². The second kappa shape index (κ2) is 17.8. The Labute approximate surface area is 276 Å². The Hall–Kier alpha value is -3.92. The van der Waals surface area contributed by atoms with Crippen LogP contribution in [0.25, 0.3) is 0 Å². The predicted octanol–water partition coefficient (Wildman–Crippen LogP) is 6.80. The fourth-order valence-electron chi connectivity index (χ4n) is 4.98. The van der Waals surface area contributed by atoms with Gasteiger partial charge in [-0.2, -0.15) is 0 Å². The zero-order valence-corrected chi connectivity index (χ0v) is 27.5. The van der Waals surface area contributed by atoms with Crippen LogP contribution in [0.4, 0.5) is 0 Å². The van der Waals surface area contributed by atoms with Gasteiger partial charge >= 0.3 is 7.60 Å². The van der Waals surface area contributed by atoms with E-state index in [0.717, 1.165) is 28.1 Å². The van der Waals surface area contributed by atoms with Crippen LogP contribution in [0.3, 0.4) is 0 Å². The Balaban J connectivity index is 1.75. The first kappa shape index (κ1) is 35.9. The standard InChI is InChI=1S/C37H42NO8P/c1-37(2,38(29-39)46-28-33-21-13-6-14-22-33)36(45-27-32-19-11-5-12-20-32)35(44-26-31-17-9-4-10-18-31)34(23-24-47(40,41)42)43-25-30-15-7-3-8-16-30/h3-24,29,34-36H,25-28H2,1-2H3,(H2,40,41,42)/t34-,35+,36+/m1/s1. The number of benzene rings is 4. The first-order valence-electron chi connectivity index (χ1n) is 15.3. The quantitative estimate of drug-likeness (QED) is 0.0642. The second-order valence-corrected chi connectivity index (χ2v) is 13.0. The van der Waals surface area contributed by atoms with Gasteiger partial charge in [-0.3, -0.25) is 14.2 Å². The Morgan fingerprint density at radius 3 is 1.49 bits per heavy atom. The minimum atomic E-state index is -4.58. The molecule has 2 N–H and O–H groups in total. The first-order valence-corrected chi connectivity index (χ1v) is 17.0. The molecule has 0 heterocycles. The minimum Gasteiger partial charge on any atom is -0.368 e. The highest BCUT2D eigenvalue weighted by atomic mass is 31.2. The number of nitrogens with zero attached hydrogens (tertiary/aromatic N) is 1. The SMILES string of the molecule is CC(C)([C@@H](OCc1ccccc1)[C@@H](OCc1ccccc1)[C@@H](C=CP(=O)(O)O)OCc1ccccc1)N(C=O)OCc1ccccc1. The summed E-state index contributed by atoms with van der Waals surface area (Å²) in [6.45, 7) is 4.11. The smallest absolute Gasteiger partial charge is 0.348 e. The van der Waals surface area contributed by atoms with E-state index in [9.17, 15) is 19.1 Å². The maximum absolute atomic E-state index is 12.6. The van der Waals surface area contributed by atoms with Crippen molar-refractivity contribution in [1.82, 2.24) is 5.06 Å². The van der Waals surface area contributed by atoms with Crippen LogP contribution in [0.1, 0.15) is 36.1 Å². The van der Waals surface area contributed by atoms with Crippen molar-refractivity contribution in [3.8, 4) is 0 Å². The van der Waals surface area contributed by atoms with E-state index in [1.54, 1.807) is 13.8 Å². The molecule has 0 aliphatic rings. The Morgan fingerprint density at radius 2 is 1.06 bits per heavy atom. The molecule has 0 radical (unpaired) electrons. The summed E-state index contributed by atoms with van der Waals surface area (Å²) in [5, 5.41) is 1.20. The molecule has 10 heteroatoms. The molecule has 1 amide bonds. The van der Waals surface area contributed by atoms with E-state index >= 15 is 0 Å². The lowest BCUT2D eigenvalue weighted by atomic mass is 9.89. The summed E-state index contributed by atoms with van der Waals surface area (Å²) in [6, 6.07) is 37.9. The zero-order chi connectivity index (χ0) is 33.5. The van der Waals surface area contributed by atoms with E-state index in [0.29, 0.717) is 6.41 Å². The van der Waals surface area contributed by atoms with Gasteiger partial charge in [-0.1, -0.05) is 121 Å². The number of rotatable bonds is 19. The fourth-order valence-corrected chi connectivity index (χ4v) is 5.38. The van der Waals surface area contributed by atoms with Gasteiger partial charge in [0, 0.05) is 5.82 Å². The van der Waals surface area contributed by atoms with Crippen molar-refractivity contribution in [3.05, 3.63) is 155 Å². The van der Waals surface area contributed by atoms with Crippen LogP contribution in [0, 0.1) is 0 Å². The van der Waals surface area contributed by atoms with Crippen LogP contribution in [-0.2, 0) is 54.8 Å². The molecule has 248 valence electrons. The van der Waals surface area contributed by atoms with Crippen molar-refractivity contribution in [1.29, 1.82) is 0 Å². The molecule has 0 fully saturated rings. The summed E-state index contributed by atoms with van der Waals surface area (Å²) < 4.78 is 31.6. The normalized spacial score (nSPS) is 14.0. The molecular formula is C37H42NO8P. The molecule has 3 atom stereocenters. The molecule has 4 aromatic rings. The second-order valence-electron chi connectivity index (χ2n) is 11.5. The highest BCUT2D eigenvalue weighted by Gasteiger charge is 2.46. The van der Waals surface area contributed by atoms with Crippen LogP contribution in [-0.4, -0.2) is 45.1 Å². The Kier molecular flexibility index (Phi) is 13.6. The molecule has 0 unspecified atom stereocenters. The van der Waals surface area contributed by atoms with Gasteiger partial charge in [0.15, 0.2) is 0 Å². The van der Waals surface area contributed by atoms with Crippen molar-refractivity contribution in [2.24, 2.45) is 0 Å². The molecule has 4 rings (SSSR count). The summed E-state index contributed by atoms with van der Waals surface area (Å²) in [4.78, 5) is 38.3. The molecule has 0 aliphatic heterocycles. The number of hydroxylamine groups is 2. The highest BCUT2D eigenvalue weighted by Crippen LogP contribution is 2.37. The van der Waals surface area contributed by atoms with Crippen molar-refractivity contribution < 1.29 is 38.2 Å². The minimum absolute atomic E-state index is 0.121. The van der Waals surface area contributed by atoms with Crippen LogP contribution in [0.2, 0.25) is 0 Å². The molecule has 0 aromatic heterocycles. The van der Waals surface area contributed by atoms with Gasteiger partial charge in [-0.05, 0) is 42.2 Å². The number of carbonyl (C=O) groups is 1. The van der Waals surface area contributed by atoms with E-state index in [1.165, 1.54) is 11.1 Å². The lowest BCUT2D eigenvalue weighted by molar-refractivity contribution is -0.255. The maximum Gasteiger partial charge on any atom is 0.348 e. The van der Waals surface area contributed by atoms with E-state index in [1.807, 2.05) is 121 Å². The summed E-state index contributed by atoms with van der Waals surface area (Å²) in [5.74, 6) is 0.812. The molecule has 0 aliphatic carbocycles. The maximum atomic E-state index is 12.6. The van der Waals surface area contributed by atoms with Crippen LogP contribution < -0.4 is 0 Å². The molecule has 47 heavy (non-hydrogen) atoms. The number of ether oxygens (including phenoxy) is 3. The molecule has 0 saturated carbocycles. The van der Waals surface area contributed by atoms with Crippen molar-refractivity contribution in [2.45, 2.75) is 64.1 Å². The van der Waals surface area contributed by atoms with Gasteiger partial charge in [-0.15, -0.1) is 0 Å². The molecular weight excluding hydrogens is 617 g/mol. The van der Waals surface area contributed by atoms with E-state index in [-0.39, 0.29) is 26.4 Å². The summed E-state index contributed by atoms with van der Waals surface area (Å²) in [6.07, 6.45) is -1.03. The monoisotopic (exact) mass is 659 g/mol. The molecule has 9 nitrogen and oxygen atoms in total. The van der Waals surface area contributed by atoms with Gasteiger partial charge in [-0.25, -0.2) is 5.06 Å². The van der Waals surface area contributed by atoms with Crippen molar-refractivity contribution in [3.63, 3.8) is 0 Å². The summed E-state index contributed by atoms with van der Waals surface area (Å²) in [7, 11) is -4.58. The largest absolute Gasteiger partial charge is 0.368 e. The average Bonchev–Trinajstić information content (AvgIpc) is 3.08. The third-order valence-corrected chi connectivity index (χ3v) is 8.07. The van der Waals surface area contributed by atoms with Gasteiger partial charge < -0.3 is 24.0 Å². The van der Waals surface area contributed by atoms with Crippen LogP contribution in [0.15, 0.2) is 133 Å². The number of hydrogen-bond acceptors (Lipinski definition) is 6. The van der Waals surface area contributed by atoms with Crippen molar-refractivity contribution in [2.75, 3.05) is 0 Å². The Bertz CT molecular complexity index is 1550. The fraction of sp³-hybridized carbons (Fsp3) is 0.270. The molecule has 4 aromatic carbocycles. The van der Waals surface area contributed by atoms with Gasteiger partial charge in [0.1, 0.15) is 24.9 Å². The van der Waals surface area contributed by atoms with E-state index < -0.39 is 31.4 Å². The molecule has 0 spiro atoms. The summed E-state index contributed by atoms with van der Waals surface area (Å²) >= 11 is 0. The molecule has 0 bridgehead atoms. The van der Waals surface area contributed by atoms with Gasteiger partial charge in [0.2, 0.25) is 6.41 Å². The van der Waals surface area contributed by atoms with Crippen LogP contribution in [0.5, 0.6) is 0 Å². The predicted molar refractivity (Wildman–Crippen MR) is 179 cm³/mol. The third-order valence-electron chi connectivity index (χ3n) is 7.51.